The third-order valence-electron chi connectivity index (χ3n) is 2.91. The molecule has 1 rings (SSSR count). The summed E-state index contributed by atoms with van der Waals surface area (Å²) in [5.41, 5.74) is 6.57. The number of hydrogen-bond donors (Lipinski definition) is 1. The van der Waals surface area contributed by atoms with Crippen LogP contribution in [0.25, 0.3) is 0 Å². The summed E-state index contributed by atoms with van der Waals surface area (Å²) >= 11 is 0. The number of hydrogen-bond acceptors (Lipinski definition) is 4. The Bertz CT molecular complexity index is 435. The van der Waals surface area contributed by atoms with E-state index in [1.165, 1.54) is 0 Å². The predicted octanol–water partition coefficient (Wildman–Crippen LogP) is 2.11. The number of unbranched alkanes of at least 4 members (excludes halogenated alkanes) is 1. The lowest BCUT2D eigenvalue weighted by Crippen LogP contribution is -2.07. The van der Waals surface area contributed by atoms with E-state index in [0.29, 0.717) is 29.4 Å². The molecule has 5 heteroatoms. The van der Waals surface area contributed by atoms with Crippen molar-refractivity contribution in [3.8, 4) is 11.5 Å². The van der Waals surface area contributed by atoms with Crippen LogP contribution >= 0.6 is 0 Å². The van der Waals surface area contributed by atoms with Gasteiger partial charge in [0.1, 0.15) is 11.5 Å². The van der Waals surface area contributed by atoms with Crippen LogP contribution in [0, 0.1) is 0 Å². The van der Waals surface area contributed by atoms with E-state index in [2.05, 4.69) is 6.92 Å². The molecule has 0 saturated carbocycles. The topological polar surface area (TPSA) is 61.5 Å². The van der Waals surface area contributed by atoms with Gasteiger partial charge in [-0.2, -0.15) is 0 Å². The molecule has 0 aliphatic heterocycles. The summed E-state index contributed by atoms with van der Waals surface area (Å²) in [6, 6.07) is 3.69. The van der Waals surface area contributed by atoms with Crippen LogP contribution in [-0.4, -0.2) is 30.7 Å². The van der Waals surface area contributed by atoms with E-state index in [-0.39, 0.29) is 0 Å². The van der Waals surface area contributed by atoms with Crippen LogP contribution in [0.1, 0.15) is 25.3 Å². The Balaban J connectivity index is 3.12. The molecule has 1 aromatic carbocycles. The van der Waals surface area contributed by atoms with Gasteiger partial charge in [-0.05, 0) is 31.0 Å². The summed E-state index contributed by atoms with van der Waals surface area (Å²) in [4.78, 5) is 0.702. The molecule has 2 N–H and O–H groups in total. The SMILES string of the molecule is CCCCS(=O)c1cc(OC)c(CCN)cc1OC. The molecule has 0 aromatic heterocycles. The van der Waals surface area contributed by atoms with E-state index in [4.69, 9.17) is 15.2 Å². The zero-order valence-electron chi connectivity index (χ0n) is 11.9. The van der Waals surface area contributed by atoms with Gasteiger partial charge in [0.25, 0.3) is 0 Å². The van der Waals surface area contributed by atoms with Crippen molar-refractivity contribution >= 4 is 10.8 Å². The van der Waals surface area contributed by atoms with Crippen LogP contribution in [0.3, 0.4) is 0 Å². The second-order valence-electron chi connectivity index (χ2n) is 4.26. The van der Waals surface area contributed by atoms with Crippen molar-refractivity contribution in [2.75, 3.05) is 26.5 Å². The number of nitrogens with two attached hydrogens (primary N) is 1. The highest BCUT2D eigenvalue weighted by Crippen LogP contribution is 2.31. The zero-order valence-corrected chi connectivity index (χ0v) is 12.7. The highest BCUT2D eigenvalue weighted by molar-refractivity contribution is 7.85. The first-order valence-corrected chi connectivity index (χ1v) is 7.83. The number of methoxy groups -OCH3 is 2. The van der Waals surface area contributed by atoms with Crippen LogP contribution in [0.4, 0.5) is 0 Å². The summed E-state index contributed by atoms with van der Waals surface area (Å²) in [6.45, 7) is 2.62. The minimum absolute atomic E-state index is 0.539. The summed E-state index contributed by atoms with van der Waals surface area (Å²) in [5.74, 6) is 2.02. The molecular weight excluding hydrogens is 262 g/mol. The smallest absolute Gasteiger partial charge is 0.135 e. The molecule has 0 aliphatic rings. The first-order valence-electron chi connectivity index (χ1n) is 6.51. The van der Waals surface area contributed by atoms with Crippen molar-refractivity contribution in [2.45, 2.75) is 31.1 Å². The van der Waals surface area contributed by atoms with Gasteiger partial charge in [0, 0.05) is 11.8 Å². The Labute approximate surface area is 117 Å². The largest absolute Gasteiger partial charge is 0.496 e. The maximum Gasteiger partial charge on any atom is 0.135 e. The standard InChI is InChI=1S/C14H23NO3S/c1-4-5-8-19(16)14-10-12(17-2)11(6-7-15)9-13(14)18-3/h9-10H,4-8,15H2,1-3H3. The average molecular weight is 285 g/mol. The van der Waals surface area contributed by atoms with Crippen molar-refractivity contribution in [1.82, 2.24) is 0 Å². The van der Waals surface area contributed by atoms with Gasteiger partial charge >= 0.3 is 0 Å². The monoisotopic (exact) mass is 285 g/mol. The van der Waals surface area contributed by atoms with Gasteiger partial charge in [-0.15, -0.1) is 0 Å². The molecule has 0 fully saturated rings. The number of rotatable bonds is 8. The molecule has 0 saturated heterocycles. The molecular formula is C14H23NO3S. The van der Waals surface area contributed by atoms with Crippen molar-refractivity contribution in [3.05, 3.63) is 17.7 Å². The van der Waals surface area contributed by atoms with E-state index in [1.54, 1.807) is 14.2 Å². The molecule has 1 aromatic rings. The lowest BCUT2D eigenvalue weighted by Gasteiger charge is -2.14. The van der Waals surface area contributed by atoms with Gasteiger partial charge in [-0.3, -0.25) is 4.21 Å². The normalized spacial score (nSPS) is 12.2. The fourth-order valence-electron chi connectivity index (χ4n) is 1.85. The number of ether oxygens (including phenoxy) is 2. The molecule has 1 atom stereocenters. The Morgan fingerprint density at radius 1 is 1.21 bits per heavy atom. The van der Waals surface area contributed by atoms with Crippen LogP contribution in [-0.2, 0) is 17.2 Å². The maximum absolute atomic E-state index is 12.3. The van der Waals surface area contributed by atoms with Gasteiger partial charge in [0.05, 0.1) is 29.9 Å². The Morgan fingerprint density at radius 3 is 2.42 bits per heavy atom. The third kappa shape index (κ3) is 4.21. The van der Waals surface area contributed by atoms with Gasteiger partial charge in [-0.1, -0.05) is 13.3 Å². The van der Waals surface area contributed by atoms with Crippen molar-refractivity contribution in [3.63, 3.8) is 0 Å². The molecule has 0 amide bonds. The minimum atomic E-state index is -1.06. The first-order chi connectivity index (χ1) is 9.17. The molecule has 0 aliphatic carbocycles. The Hall–Kier alpha value is -1.07. The summed E-state index contributed by atoms with van der Waals surface area (Å²) in [7, 11) is 2.15. The molecule has 19 heavy (non-hydrogen) atoms. The Morgan fingerprint density at radius 2 is 1.89 bits per heavy atom. The van der Waals surface area contributed by atoms with Crippen LogP contribution in [0.15, 0.2) is 17.0 Å². The van der Waals surface area contributed by atoms with Gasteiger partial charge in [0.2, 0.25) is 0 Å². The molecule has 0 bridgehead atoms. The van der Waals surface area contributed by atoms with Crippen molar-refractivity contribution in [2.24, 2.45) is 5.73 Å². The van der Waals surface area contributed by atoms with Gasteiger partial charge in [0.15, 0.2) is 0 Å². The van der Waals surface area contributed by atoms with Gasteiger partial charge in [-0.25, -0.2) is 0 Å². The molecule has 0 spiro atoms. The zero-order chi connectivity index (χ0) is 14.3. The summed E-state index contributed by atoms with van der Waals surface area (Å²) in [6.07, 6.45) is 2.67. The van der Waals surface area contributed by atoms with Gasteiger partial charge < -0.3 is 15.2 Å². The minimum Gasteiger partial charge on any atom is -0.496 e. The second kappa shape index (κ2) is 8.17. The summed E-state index contributed by atoms with van der Waals surface area (Å²) < 4.78 is 23.0. The van der Waals surface area contributed by atoms with Crippen LogP contribution in [0.5, 0.6) is 11.5 Å². The van der Waals surface area contributed by atoms with E-state index in [9.17, 15) is 4.21 Å². The highest BCUT2D eigenvalue weighted by Gasteiger charge is 2.15. The first kappa shape index (κ1) is 16.0. The molecule has 108 valence electrons. The average Bonchev–Trinajstić information content (AvgIpc) is 2.44. The molecule has 0 radical (unpaired) electrons. The van der Waals surface area contributed by atoms with Crippen LogP contribution in [0.2, 0.25) is 0 Å². The third-order valence-corrected chi connectivity index (χ3v) is 4.38. The van der Waals surface area contributed by atoms with E-state index in [1.807, 2.05) is 12.1 Å². The van der Waals surface area contributed by atoms with Crippen LogP contribution < -0.4 is 15.2 Å². The predicted molar refractivity (Wildman–Crippen MR) is 78.5 cm³/mol. The van der Waals surface area contributed by atoms with E-state index < -0.39 is 10.8 Å². The maximum atomic E-state index is 12.3. The molecule has 4 nitrogen and oxygen atoms in total. The lowest BCUT2D eigenvalue weighted by molar-refractivity contribution is 0.390. The van der Waals surface area contributed by atoms with Crippen molar-refractivity contribution in [1.29, 1.82) is 0 Å². The quantitative estimate of drug-likeness (QED) is 0.794. The van der Waals surface area contributed by atoms with E-state index >= 15 is 0 Å². The molecule has 1 unspecified atom stereocenters. The fraction of sp³-hybridized carbons (Fsp3) is 0.571. The second-order valence-corrected chi connectivity index (χ2v) is 5.80. The summed E-state index contributed by atoms with van der Waals surface area (Å²) in [5, 5.41) is 0. The highest BCUT2D eigenvalue weighted by atomic mass is 32.2. The molecule has 0 heterocycles. The lowest BCUT2D eigenvalue weighted by atomic mass is 10.1. The van der Waals surface area contributed by atoms with Crippen molar-refractivity contribution < 1.29 is 13.7 Å². The fourth-order valence-corrected chi connectivity index (χ4v) is 3.22. The number of benzene rings is 1. The Kier molecular flexibility index (Phi) is 6.87. The van der Waals surface area contributed by atoms with E-state index in [0.717, 1.165) is 24.2 Å².